The lowest BCUT2D eigenvalue weighted by Gasteiger charge is -2.32. The minimum absolute atomic E-state index is 0.131. The van der Waals surface area contributed by atoms with Gasteiger partial charge in [-0.25, -0.2) is 0 Å². The Hall–Kier alpha value is -2.82. The first-order valence-corrected chi connectivity index (χ1v) is 12.3. The average Bonchev–Trinajstić information content (AvgIpc) is 2.83. The Bertz CT molecular complexity index is 1070. The minimum atomic E-state index is -0.655. The van der Waals surface area contributed by atoms with Crippen molar-refractivity contribution in [1.82, 2.24) is 10.2 Å². The Morgan fingerprint density at radius 2 is 1.56 bits per heavy atom. The van der Waals surface area contributed by atoms with Crippen molar-refractivity contribution in [2.75, 3.05) is 6.54 Å². The largest absolute Gasteiger partial charge is 0.354 e. The third-order valence-electron chi connectivity index (χ3n) is 5.61. The van der Waals surface area contributed by atoms with Crippen molar-refractivity contribution in [1.29, 1.82) is 0 Å². The molecule has 0 bridgehead atoms. The van der Waals surface area contributed by atoms with Crippen LogP contribution in [0.15, 0.2) is 78.9 Å². The lowest BCUT2D eigenvalue weighted by Crippen LogP contribution is -2.51. The Labute approximate surface area is 211 Å². The van der Waals surface area contributed by atoms with E-state index in [0.29, 0.717) is 23.0 Å². The summed E-state index contributed by atoms with van der Waals surface area (Å²) in [5.41, 5.74) is 2.71. The first kappa shape index (κ1) is 25.8. The summed E-state index contributed by atoms with van der Waals surface area (Å²) < 4.78 is 0. The summed E-state index contributed by atoms with van der Waals surface area (Å²) in [7, 11) is 0. The van der Waals surface area contributed by atoms with E-state index >= 15 is 0 Å². The van der Waals surface area contributed by atoms with Crippen LogP contribution >= 0.6 is 23.2 Å². The van der Waals surface area contributed by atoms with Crippen LogP contribution in [-0.2, 0) is 29.0 Å². The predicted octanol–water partition coefficient (Wildman–Crippen LogP) is 6.09. The third-order valence-corrected chi connectivity index (χ3v) is 6.10. The fraction of sp³-hybridized carbons (Fsp3) is 0.286. The number of rotatable bonds is 11. The Balaban J connectivity index is 1.93. The molecular weight excluding hydrogens is 467 g/mol. The number of carbonyl (C=O) groups is 2. The summed E-state index contributed by atoms with van der Waals surface area (Å²) in [5.74, 6) is -0.280. The second-order valence-electron chi connectivity index (χ2n) is 8.30. The molecule has 2 amide bonds. The van der Waals surface area contributed by atoms with Crippen molar-refractivity contribution in [3.63, 3.8) is 0 Å². The molecule has 3 aromatic rings. The topological polar surface area (TPSA) is 49.4 Å². The van der Waals surface area contributed by atoms with Gasteiger partial charge in [0.25, 0.3) is 0 Å². The second kappa shape index (κ2) is 13.2. The zero-order valence-electron chi connectivity index (χ0n) is 19.3. The summed E-state index contributed by atoms with van der Waals surface area (Å²) in [6, 6.07) is 23.7. The smallest absolute Gasteiger partial charge is 0.243 e. The Morgan fingerprint density at radius 3 is 2.24 bits per heavy atom. The number of nitrogens with zero attached hydrogens (tertiary/aromatic N) is 1. The lowest BCUT2D eigenvalue weighted by atomic mass is 10.0. The Morgan fingerprint density at radius 1 is 0.853 bits per heavy atom. The van der Waals surface area contributed by atoms with Crippen molar-refractivity contribution < 1.29 is 9.59 Å². The minimum Gasteiger partial charge on any atom is -0.354 e. The highest BCUT2D eigenvalue weighted by atomic mass is 35.5. The highest BCUT2D eigenvalue weighted by Gasteiger charge is 2.30. The molecule has 0 radical (unpaired) electrons. The average molecular weight is 497 g/mol. The van der Waals surface area contributed by atoms with Gasteiger partial charge in [0, 0.05) is 29.6 Å². The molecule has 0 unspecified atom stereocenters. The molecule has 178 valence electrons. The molecule has 0 aliphatic heterocycles. The van der Waals surface area contributed by atoms with E-state index in [-0.39, 0.29) is 24.8 Å². The number of nitrogens with one attached hydrogen (secondary N) is 1. The van der Waals surface area contributed by atoms with Crippen molar-refractivity contribution in [2.24, 2.45) is 0 Å². The molecule has 0 aliphatic rings. The molecule has 1 N–H and O–H groups in total. The van der Waals surface area contributed by atoms with Gasteiger partial charge in [-0.1, -0.05) is 91.1 Å². The van der Waals surface area contributed by atoms with E-state index in [9.17, 15) is 9.59 Å². The van der Waals surface area contributed by atoms with Crippen LogP contribution in [0.2, 0.25) is 10.0 Å². The van der Waals surface area contributed by atoms with E-state index in [4.69, 9.17) is 23.2 Å². The summed E-state index contributed by atoms with van der Waals surface area (Å²) in [4.78, 5) is 28.7. The second-order valence-corrected chi connectivity index (χ2v) is 9.18. The van der Waals surface area contributed by atoms with Crippen LogP contribution in [0.1, 0.15) is 36.5 Å². The molecule has 0 saturated heterocycles. The van der Waals surface area contributed by atoms with Crippen LogP contribution in [0.3, 0.4) is 0 Å². The van der Waals surface area contributed by atoms with E-state index < -0.39 is 6.04 Å². The number of benzene rings is 3. The lowest BCUT2D eigenvalue weighted by molar-refractivity contribution is -0.140. The monoisotopic (exact) mass is 496 g/mol. The van der Waals surface area contributed by atoms with Gasteiger partial charge in [-0.3, -0.25) is 9.59 Å². The molecule has 6 heteroatoms. The maximum Gasteiger partial charge on any atom is 0.243 e. The molecule has 0 fully saturated rings. The number of hydrogen-bond acceptors (Lipinski definition) is 2. The van der Waals surface area contributed by atoms with E-state index in [1.54, 1.807) is 23.1 Å². The van der Waals surface area contributed by atoms with E-state index in [2.05, 4.69) is 12.2 Å². The fourth-order valence-corrected chi connectivity index (χ4v) is 4.11. The number of carbonyl (C=O) groups excluding carboxylic acids is 2. The van der Waals surface area contributed by atoms with Gasteiger partial charge in [-0.15, -0.1) is 0 Å². The quantitative estimate of drug-likeness (QED) is 0.326. The van der Waals surface area contributed by atoms with Crippen molar-refractivity contribution in [2.45, 2.75) is 45.2 Å². The molecule has 0 spiro atoms. The van der Waals surface area contributed by atoms with Crippen molar-refractivity contribution in [3.05, 3.63) is 106 Å². The van der Waals surface area contributed by atoms with Crippen LogP contribution in [0.25, 0.3) is 0 Å². The van der Waals surface area contributed by atoms with Crippen LogP contribution in [-0.4, -0.2) is 29.3 Å². The maximum atomic E-state index is 13.6. The van der Waals surface area contributed by atoms with Gasteiger partial charge < -0.3 is 10.2 Å². The molecule has 3 rings (SSSR count). The normalized spacial score (nSPS) is 11.6. The zero-order valence-corrected chi connectivity index (χ0v) is 20.9. The first-order chi connectivity index (χ1) is 16.5. The summed E-state index contributed by atoms with van der Waals surface area (Å²) in [6.45, 7) is 2.94. The van der Waals surface area contributed by atoms with Gasteiger partial charge in [0.15, 0.2) is 0 Å². The first-order valence-electron chi connectivity index (χ1n) is 11.6. The standard InChI is InChI=1S/C28H30Cl2N2O2/c1-2-3-16-31-28(34)26(18-21-8-5-4-6-9-21)32(20-23-10-7-11-25(30)17-23)27(33)19-22-12-14-24(29)15-13-22/h4-15,17,26H,2-3,16,18-20H2,1H3,(H,31,34)/t26-/m0/s1. The van der Waals surface area contributed by atoms with Crippen LogP contribution < -0.4 is 5.32 Å². The van der Waals surface area contributed by atoms with Gasteiger partial charge in [-0.2, -0.15) is 0 Å². The number of hydrogen-bond donors (Lipinski definition) is 1. The number of unbranched alkanes of at least 4 members (excludes halogenated alkanes) is 1. The predicted molar refractivity (Wildman–Crippen MR) is 139 cm³/mol. The van der Waals surface area contributed by atoms with Crippen molar-refractivity contribution >= 4 is 35.0 Å². The van der Waals surface area contributed by atoms with E-state index in [0.717, 1.165) is 29.5 Å². The van der Waals surface area contributed by atoms with Gasteiger partial charge in [0.05, 0.1) is 6.42 Å². The molecule has 1 atom stereocenters. The SMILES string of the molecule is CCCCNC(=O)[C@H](Cc1ccccc1)N(Cc1cccc(Cl)c1)C(=O)Cc1ccc(Cl)cc1. The molecule has 34 heavy (non-hydrogen) atoms. The highest BCUT2D eigenvalue weighted by molar-refractivity contribution is 6.30. The van der Waals surface area contributed by atoms with Gasteiger partial charge in [0.1, 0.15) is 6.04 Å². The summed E-state index contributed by atoms with van der Waals surface area (Å²) in [6.07, 6.45) is 2.46. The molecular formula is C28H30Cl2N2O2. The third kappa shape index (κ3) is 7.89. The fourth-order valence-electron chi connectivity index (χ4n) is 3.77. The number of halogens is 2. The summed E-state index contributed by atoms with van der Waals surface area (Å²) >= 11 is 12.2. The molecule has 0 heterocycles. The molecule has 0 aromatic heterocycles. The maximum absolute atomic E-state index is 13.6. The Kier molecular flexibility index (Phi) is 9.99. The molecule has 0 aliphatic carbocycles. The van der Waals surface area contributed by atoms with Crippen molar-refractivity contribution in [3.8, 4) is 0 Å². The van der Waals surface area contributed by atoms with Gasteiger partial charge in [0.2, 0.25) is 11.8 Å². The van der Waals surface area contributed by atoms with Gasteiger partial charge in [-0.05, 0) is 47.4 Å². The molecule has 4 nitrogen and oxygen atoms in total. The van der Waals surface area contributed by atoms with Crippen LogP contribution in [0.5, 0.6) is 0 Å². The zero-order chi connectivity index (χ0) is 24.3. The molecule has 0 saturated carbocycles. The van der Waals surface area contributed by atoms with Gasteiger partial charge >= 0.3 is 0 Å². The number of amides is 2. The summed E-state index contributed by atoms with van der Waals surface area (Å²) in [5, 5.41) is 4.24. The van der Waals surface area contributed by atoms with Crippen LogP contribution in [0, 0.1) is 0 Å². The molecule has 3 aromatic carbocycles. The van der Waals surface area contributed by atoms with E-state index in [1.165, 1.54) is 0 Å². The highest BCUT2D eigenvalue weighted by Crippen LogP contribution is 2.19. The van der Waals surface area contributed by atoms with E-state index in [1.807, 2.05) is 60.7 Å². The van der Waals surface area contributed by atoms with Crippen LogP contribution in [0.4, 0.5) is 0 Å².